The predicted octanol–water partition coefficient (Wildman–Crippen LogP) is 4.57. The number of carbonyl (C=O) groups is 1. The molecule has 0 bridgehead atoms. The molecule has 1 aliphatic rings. The molecule has 5 heteroatoms. The second kappa shape index (κ2) is 9.74. The third-order valence-corrected chi connectivity index (χ3v) is 5.33. The molecule has 1 fully saturated rings. The Bertz CT molecular complexity index is 708. The third-order valence-electron chi connectivity index (χ3n) is 4.64. The molecule has 0 aromatic heterocycles. The van der Waals surface area contributed by atoms with Crippen molar-refractivity contribution in [1.29, 1.82) is 0 Å². The molecule has 0 aliphatic carbocycles. The number of para-hydroxylation sites is 2. The van der Waals surface area contributed by atoms with Gasteiger partial charge in [0, 0.05) is 29.9 Å². The molecular formula is C21H25BrN2O2. The lowest BCUT2D eigenvalue weighted by molar-refractivity contribution is -0.116. The summed E-state index contributed by atoms with van der Waals surface area (Å²) in [7, 11) is 0. The van der Waals surface area contributed by atoms with Crippen LogP contribution in [0.4, 0.5) is 5.69 Å². The number of nitrogens with one attached hydrogen (secondary N) is 1. The highest BCUT2D eigenvalue weighted by atomic mass is 79.9. The first-order chi connectivity index (χ1) is 12.7. The van der Waals surface area contributed by atoms with E-state index >= 15 is 0 Å². The predicted molar refractivity (Wildman–Crippen MR) is 108 cm³/mol. The lowest BCUT2D eigenvalue weighted by Gasteiger charge is -2.32. The highest BCUT2D eigenvalue weighted by Crippen LogP contribution is 2.22. The van der Waals surface area contributed by atoms with Gasteiger partial charge in [0.15, 0.2) is 0 Å². The average Bonchev–Trinajstić information content (AvgIpc) is 2.68. The lowest BCUT2D eigenvalue weighted by atomic mass is 9.99. The average molecular weight is 417 g/mol. The zero-order valence-corrected chi connectivity index (χ0v) is 16.5. The highest BCUT2D eigenvalue weighted by molar-refractivity contribution is 9.10. The van der Waals surface area contributed by atoms with Crippen LogP contribution in [0, 0.1) is 5.92 Å². The monoisotopic (exact) mass is 416 g/mol. The Labute approximate surface area is 163 Å². The summed E-state index contributed by atoms with van der Waals surface area (Å²) in [6.45, 7) is 3.58. The zero-order chi connectivity index (χ0) is 18.2. The van der Waals surface area contributed by atoms with Crippen molar-refractivity contribution in [3.8, 4) is 5.75 Å². The van der Waals surface area contributed by atoms with Crippen LogP contribution in [0.2, 0.25) is 0 Å². The summed E-state index contributed by atoms with van der Waals surface area (Å²) < 4.78 is 6.81. The second-order valence-corrected chi connectivity index (χ2v) is 7.57. The van der Waals surface area contributed by atoms with Crippen LogP contribution in [0.3, 0.4) is 0 Å². The first-order valence-corrected chi connectivity index (χ1v) is 9.94. The summed E-state index contributed by atoms with van der Waals surface area (Å²) in [5, 5.41) is 2.97. The van der Waals surface area contributed by atoms with Crippen molar-refractivity contribution in [3.05, 3.63) is 59.1 Å². The minimum atomic E-state index is 0.0551. The number of benzene rings is 2. The van der Waals surface area contributed by atoms with Crippen LogP contribution in [0.25, 0.3) is 0 Å². The summed E-state index contributed by atoms with van der Waals surface area (Å²) in [4.78, 5) is 14.6. The molecule has 1 unspecified atom stereocenters. The molecule has 138 valence electrons. The first-order valence-electron chi connectivity index (χ1n) is 9.15. The van der Waals surface area contributed by atoms with Gasteiger partial charge in [0.2, 0.25) is 5.91 Å². The number of anilines is 1. The molecule has 4 nitrogen and oxygen atoms in total. The number of hydrogen-bond donors (Lipinski definition) is 1. The molecule has 26 heavy (non-hydrogen) atoms. The van der Waals surface area contributed by atoms with Crippen molar-refractivity contribution in [2.75, 3.05) is 31.6 Å². The number of amides is 1. The van der Waals surface area contributed by atoms with Gasteiger partial charge in [-0.15, -0.1) is 0 Å². The fraction of sp³-hybridized carbons (Fsp3) is 0.381. The van der Waals surface area contributed by atoms with E-state index in [4.69, 9.17) is 4.74 Å². The quantitative estimate of drug-likeness (QED) is 0.718. The highest BCUT2D eigenvalue weighted by Gasteiger charge is 2.21. The van der Waals surface area contributed by atoms with Gasteiger partial charge >= 0.3 is 0 Å². The van der Waals surface area contributed by atoms with Crippen molar-refractivity contribution in [1.82, 2.24) is 4.90 Å². The summed E-state index contributed by atoms with van der Waals surface area (Å²) in [6, 6.07) is 17.6. The van der Waals surface area contributed by atoms with Gasteiger partial charge in [-0.2, -0.15) is 0 Å². The maximum atomic E-state index is 12.2. The van der Waals surface area contributed by atoms with E-state index in [9.17, 15) is 4.79 Å². The number of piperidine rings is 1. The van der Waals surface area contributed by atoms with E-state index in [1.54, 1.807) is 0 Å². The Morgan fingerprint density at radius 2 is 1.92 bits per heavy atom. The Morgan fingerprint density at radius 3 is 2.73 bits per heavy atom. The van der Waals surface area contributed by atoms with Crippen molar-refractivity contribution in [2.24, 2.45) is 5.92 Å². The smallest absolute Gasteiger partial charge is 0.225 e. The summed E-state index contributed by atoms with van der Waals surface area (Å²) in [6.07, 6.45) is 2.86. The Balaban J connectivity index is 1.40. The van der Waals surface area contributed by atoms with Gasteiger partial charge in [0.05, 0.1) is 12.3 Å². The SMILES string of the molecule is O=C(CCN1CCCC(COc2ccccc2)C1)Nc1ccccc1Br. The van der Waals surface area contributed by atoms with Crippen LogP contribution < -0.4 is 10.1 Å². The molecule has 0 radical (unpaired) electrons. The van der Waals surface area contributed by atoms with Crippen LogP contribution >= 0.6 is 15.9 Å². The molecule has 1 aliphatic heterocycles. The molecule has 0 saturated carbocycles. The van der Waals surface area contributed by atoms with Gasteiger partial charge in [0.1, 0.15) is 5.75 Å². The molecule has 3 rings (SSSR count). The molecule has 1 N–H and O–H groups in total. The molecule has 1 amide bonds. The van der Waals surface area contributed by atoms with Gasteiger partial charge < -0.3 is 15.0 Å². The van der Waals surface area contributed by atoms with E-state index < -0.39 is 0 Å². The fourth-order valence-electron chi connectivity index (χ4n) is 3.26. The van der Waals surface area contributed by atoms with Gasteiger partial charge in [0.25, 0.3) is 0 Å². The molecule has 1 atom stereocenters. The summed E-state index contributed by atoms with van der Waals surface area (Å²) >= 11 is 3.46. The van der Waals surface area contributed by atoms with Gasteiger partial charge in [-0.25, -0.2) is 0 Å². The standard InChI is InChI=1S/C21H25BrN2O2/c22-19-10-4-5-11-20(19)23-21(25)12-14-24-13-6-7-17(15-24)16-26-18-8-2-1-3-9-18/h1-5,8-11,17H,6-7,12-16H2,(H,23,25). The molecule has 0 spiro atoms. The van der Waals surface area contributed by atoms with E-state index in [2.05, 4.69) is 26.1 Å². The molecule has 2 aromatic carbocycles. The number of likely N-dealkylation sites (tertiary alicyclic amines) is 1. The topological polar surface area (TPSA) is 41.6 Å². The van der Waals surface area contributed by atoms with Crippen LogP contribution in [0.1, 0.15) is 19.3 Å². The number of nitrogens with zero attached hydrogens (tertiary/aromatic N) is 1. The van der Waals surface area contributed by atoms with Gasteiger partial charge in [-0.05, 0) is 59.6 Å². The molecule has 1 heterocycles. The molecular weight excluding hydrogens is 392 g/mol. The van der Waals surface area contributed by atoms with E-state index in [-0.39, 0.29) is 5.91 Å². The van der Waals surface area contributed by atoms with E-state index in [0.717, 1.165) is 48.6 Å². The van der Waals surface area contributed by atoms with Crippen molar-refractivity contribution < 1.29 is 9.53 Å². The van der Waals surface area contributed by atoms with Crippen LogP contribution in [0.5, 0.6) is 5.75 Å². The summed E-state index contributed by atoms with van der Waals surface area (Å²) in [5.74, 6) is 1.51. The van der Waals surface area contributed by atoms with Gasteiger partial charge in [-0.3, -0.25) is 4.79 Å². The fourth-order valence-corrected chi connectivity index (χ4v) is 3.64. The first kappa shape index (κ1) is 18.9. The minimum absolute atomic E-state index is 0.0551. The number of ether oxygens (including phenoxy) is 1. The summed E-state index contributed by atoms with van der Waals surface area (Å²) in [5.41, 5.74) is 0.824. The maximum Gasteiger partial charge on any atom is 0.225 e. The zero-order valence-electron chi connectivity index (χ0n) is 14.9. The Kier molecular flexibility index (Phi) is 7.09. The third kappa shape index (κ3) is 5.85. The number of rotatable bonds is 7. The minimum Gasteiger partial charge on any atom is -0.493 e. The number of carbonyl (C=O) groups excluding carboxylic acids is 1. The number of halogens is 1. The van der Waals surface area contributed by atoms with Crippen molar-refractivity contribution in [3.63, 3.8) is 0 Å². The largest absolute Gasteiger partial charge is 0.493 e. The Hall–Kier alpha value is -1.85. The normalized spacial score (nSPS) is 17.7. The van der Waals surface area contributed by atoms with Crippen LogP contribution in [0.15, 0.2) is 59.1 Å². The van der Waals surface area contributed by atoms with Crippen LogP contribution in [-0.4, -0.2) is 37.0 Å². The van der Waals surface area contributed by atoms with E-state index in [1.807, 2.05) is 54.6 Å². The molecule has 1 saturated heterocycles. The van der Waals surface area contributed by atoms with E-state index in [0.29, 0.717) is 12.3 Å². The maximum absolute atomic E-state index is 12.2. The van der Waals surface area contributed by atoms with E-state index in [1.165, 1.54) is 6.42 Å². The number of hydrogen-bond acceptors (Lipinski definition) is 3. The van der Waals surface area contributed by atoms with Crippen molar-refractivity contribution in [2.45, 2.75) is 19.3 Å². The van der Waals surface area contributed by atoms with Gasteiger partial charge in [-0.1, -0.05) is 30.3 Å². The molecule has 2 aromatic rings. The second-order valence-electron chi connectivity index (χ2n) is 6.71. The Morgan fingerprint density at radius 1 is 1.15 bits per heavy atom. The van der Waals surface area contributed by atoms with Crippen molar-refractivity contribution >= 4 is 27.5 Å². The lowest BCUT2D eigenvalue weighted by Crippen LogP contribution is -2.39. The van der Waals surface area contributed by atoms with Crippen LogP contribution in [-0.2, 0) is 4.79 Å².